The summed E-state index contributed by atoms with van der Waals surface area (Å²) < 4.78 is 0. The molecule has 0 aromatic heterocycles. The molecule has 1 aliphatic carbocycles. The van der Waals surface area contributed by atoms with Crippen molar-refractivity contribution in [2.45, 2.75) is 50.7 Å². The second-order valence-electron chi connectivity index (χ2n) is 7.72. The molecule has 4 unspecified atom stereocenters. The number of aliphatic hydroxyl groups excluding tert-OH is 1. The van der Waals surface area contributed by atoms with Gasteiger partial charge in [0.15, 0.2) is 0 Å². The van der Waals surface area contributed by atoms with Gasteiger partial charge < -0.3 is 10.2 Å². The van der Waals surface area contributed by atoms with E-state index in [0.717, 1.165) is 24.0 Å². The van der Waals surface area contributed by atoms with Crippen molar-refractivity contribution in [2.24, 2.45) is 11.8 Å². The smallest absolute Gasteiger partial charge is 0.125 e. The number of hydrogen-bond acceptors (Lipinski definition) is 2. The molecular weight excluding hydrogens is 296 g/mol. The molecule has 24 heavy (non-hydrogen) atoms. The summed E-state index contributed by atoms with van der Waals surface area (Å²) in [5, 5.41) is 23.2. The van der Waals surface area contributed by atoms with Crippen LogP contribution in [0, 0.1) is 11.8 Å². The first-order valence-corrected chi connectivity index (χ1v) is 8.93. The number of aliphatic hydroxyl groups is 2. The second kappa shape index (κ2) is 6.34. The molecule has 2 nitrogen and oxygen atoms in total. The average molecular weight is 324 g/mol. The van der Waals surface area contributed by atoms with Crippen LogP contribution in [0.4, 0.5) is 0 Å². The minimum atomic E-state index is -1.30. The van der Waals surface area contributed by atoms with E-state index in [-0.39, 0.29) is 5.92 Å². The van der Waals surface area contributed by atoms with E-state index in [0.29, 0.717) is 5.92 Å². The topological polar surface area (TPSA) is 40.5 Å². The Balaban J connectivity index is 2.18. The van der Waals surface area contributed by atoms with E-state index in [9.17, 15) is 10.2 Å². The Morgan fingerprint density at radius 3 is 1.92 bits per heavy atom. The lowest BCUT2D eigenvalue weighted by molar-refractivity contribution is -0.184. The van der Waals surface area contributed by atoms with Crippen LogP contribution in [-0.4, -0.2) is 16.3 Å². The number of benzene rings is 2. The Bertz CT molecular complexity index is 667. The van der Waals surface area contributed by atoms with Gasteiger partial charge in [0.05, 0.1) is 6.10 Å². The van der Waals surface area contributed by atoms with Crippen LogP contribution in [0.15, 0.2) is 60.7 Å². The molecule has 0 amide bonds. The van der Waals surface area contributed by atoms with Gasteiger partial charge in [-0.25, -0.2) is 0 Å². The van der Waals surface area contributed by atoms with Crippen molar-refractivity contribution in [2.75, 3.05) is 0 Å². The summed E-state index contributed by atoms with van der Waals surface area (Å²) in [4.78, 5) is 0. The van der Waals surface area contributed by atoms with Gasteiger partial charge in [-0.05, 0) is 35.8 Å². The summed E-state index contributed by atoms with van der Waals surface area (Å²) in [5.74, 6) is 0.419. The zero-order valence-electron chi connectivity index (χ0n) is 14.8. The fraction of sp³-hybridized carbons (Fsp3) is 0.455. The summed E-state index contributed by atoms with van der Waals surface area (Å²) in [6, 6.07) is 19.8. The maximum absolute atomic E-state index is 12.0. The van der Waals surface area contributed by atoms with Crippen molar-refractivity contribution in [3.63, 3.8) is 0 Å². The van der Waals surface area contributed by atoms with Crippen LogP contribution in [0.5, 0.6) is 0 Å². The lowest BCUT2D eigenvalue weighted by Crippen LogP contribution is -2.61. The predicted octanol–water partition coefficient (Wildman–Crippen LogP) is 4.26. The molecule has 2 N–H and O–H groups in total. The highest BCUT2D eigenvalue weighted by molar-refractivity contribution is 5.38. The summed E-state index contributed by atoms with van der Waals surface area (Å²) >= 11 is 0. The maximum atomic E-state index is 12.0. The molecule has 1 saturated carbocycles. The Kier molecular flexibility index (Phi) is 4.54. The number of rotatable bonds is 3. The summed E-state index contributed by atoms with van der Waals surface area (Å²) in [6.45, 7) is 6.35. The van der Waals surface area contributed by atoms with E-state index in [4.69, 9.17) is 0 Å². The van der Waals surface area contributed by atoms with Crippen LogP contribution in [0.3, 0.4) is 0 Å². The highest BCUT2D eigenvalue weighted by atomic mass is 16.3. The Morgan fingerprint density at radius 1 is 0.917 bits per heavy atom. The molecule has 2 heteroatoms. The van der Waals surface area contributed by atoms with Crippen LogP contribution in [0.1, 0.15) is 44.7 Å². The van der Waals surface area contributed by atoms with Crippen molar-refractivity contribution in [1.29, 1.82) is 0 Å². The van der Waals surface area contributed by atoms with Crippen molar-refractivity contribution < 1.29 is 10.2 Å². The SMILES string of the molecule is CC(C)C1CCC(C)(c2ccccc2)C(O)(c2ccccc2)C1O. The van der Waals surface area contributed by atoms with E-state index < -0.39 is 17.1 Å². The lowest BCUT2D eigenvalue weighted by atomic mass is 9.53. The van der Waals surface area contributed by atoms with Gasteiger partial charge in [0, 0.05) is 5.41 Å². The molecule has 0 saturated heterocycles. The van der Waals surface area contributed by atoms with Crippen LogP contribution >= 0.6 is 0 Å². The molecule has 3 rings (SSSR count). The maximum Gasteiger partial charge on any atom is 0.125 e. The molecule has 2 aromatic rings. The van der Waals surface area contributed by atoms with E-state index in [1.807, 2.05) is 48.5 Å². The van der Waals surface area contributed by atoms with E-state index in [2.05, 4.69) is 32.9 Å². The van der Waals surface area contributed by atoms with Gasteiger partial charge in [0.2, 0.25) is 0 Å². The highest BCUT2D eigenvalue weighted by Gasteiger charge is 2.58. The highest BCUT2D eigenvalue weighted by Crippen LogP contribution is 2.54. The van der Waals surface area contributed by atoms with Crippen molar-refractivity contribution in [3.8, 4) is 0 Å². The molecule has 0 aliphatic heterocycles. The molecule has 0 radical (unpaired) electrons. The van der Waals surface area contributed by atoms with Crippen molar-refractivity contribution >= 4 is 0 Å². The first-order valence-electron chi connectivity index (χ1n) is 8.93. The van der Waals surface area contributed by atoms with Gasteiger partial charge in [-0.1, -0.05) is 81.4 Å². The van der Waals surface area contributed by atoms with E-state index in [1.165, 1.54) is 0 Å². The van der Waals surface area contributed by atoms with E-state index >= 15 is 0 Å². The molecule has 1 aliphatic rings. The molecule has 2 aromatic carbocycles. The van der Waals surface area contributed by atoms with Crippen LogP contribution in [0.2, 0.25) is 0 Å². The van der Waals surface area contributed by atoms with Crippen LogP contribution < -0.4 is 0 Å². The monoisotopic (exact) mass is 324 g/mol. The van der Waals surface area contributed by atoms with Crippen molar-refractivity contribution in [1.82, 2.24) is 0 Å². The quantitative estimate of drug-likeness (QED) is 0.885. The normalized spacial score (nSPS) is 33.6. The van der Waals surface area contributed by atoms with Gasteiger partial charge in [-0.2, -0.15) is 0 Å². The molecule has 1 fully saturated rings. The molecule has 0 spiro atoms. The first-order chi connectivity index (χ1) is 11.4. The third-order valence-corrected chi connectivity index (χ3v) is 6.13. The molecule has 4 atom stereocenters. The fourth-order valence-corrected chi connectivity index (χ4v) is 4.49. The summed E-state index contributed by atoms with van der Waals surface area (Å²) in [7, 11) is 0. The minimum Gasteiger partial charge on any atom is -0.389 e. The first kappa shape index (κ1) is 17.2. The van der Waals surface area contributed by atoms with E-state index in [1.54, 1.807) is 0 Å². The number of hydrogen-bond donors (Lipinski definition) is 2. The Labute approximate surface area is 145 Å². The summed E-state index contributed by atoms with van der Waals surface area (Å²) in [5.41, 5.74) is 0.0512. The standard InChI is InChI=1S/C22H28O2/c1-16(2)19-14-15-21(3,17-10-6-4-7-11-17)22(24,20(19)23)18-12-8-5-9-13-18/h4-13,16,19-20,23-24H,14-15H2,1-3H3. The molecular formula is C22H28O2. The van der Waals surface area contributed by atoms with Crippen LogP contribution in [0.25, 0.3) is 0 Å². The zero-order valence-corrected chi connectivity index (χ0v) is 14.8. The zero-order chi connectivity index (χ0) is 17.4. The largest absolute Gasteiger partial charge is 0.389 e. The summed E-state index contributed by atoms with van der Waals surface area (Å²) in [6.07, 6.45) is 0.973. The fourth-order valence-electron chi connectivity index (χ4n) is 4.49. The van der Waals surface area contributed by atoms with Gasteiger partial charge in [-0.3, -0.25) is 0 Å². The third-order valence-electron chi connectivity index (χ3n) is 6.13. The van der Waals surface area contributed by atoms with Gasteiger partial charge in [0.25, 0.3) is 0 Å². The molecule has 0 bridgehead atoms. The van der Waals surface area contributed by atoms with Gasteiger partial charge in [-0.15, -0.1) is 0 Å². The van der Waals surface area contributed by atoms with Crippen molar-refractivity contribution in [3.05, 3.63) is 71.8 Å². The minimum absolute atomic E-state index is 0.0898. The van der Waals surface area contributed by atoms with Gasteiger partial charge >= 0.3 is 0 Å². The average Bonchev–Trinajstić information content (AvgIpc) is 2.61. The molecule has 0 heterocycles. The molecule has 128 valence electrons. The predicted molar refractivity (Wildman–Crippen MR) is 97.7 cm³/mol. The second-order valence-corrected chi connectivity index (χ2v) is 7.72. The third kappa shape index (κ3) is 2.49. The Hall–Kier alpha value is -1.64. The van der Waals surface area contributed by atoms with Crippen LogP contribution in [-0.2, 0) is 11.0 Å². The Morgan fingerprint density at radius 2 is 1.42 bits per heavy atom. The lowest BCUT2D eigenvalue weighted by Gasteiger charge is -2.55. The van der Waals surface area contributed by atoms with Gasteiger partial charge in [0.1, 0.15) is 5.60 Å².